The molecule has 170 valence electrons. The highest BCUT2D eigenvalue weighted by molar-refractivity contribution is 6.00. The van der Waals surface area contributed by atoms with Gasteiger partial charge in [0, 0.05) is 11.6 Å². The maximum atomic E-state index is 13.2. The quantitative estimate of drug-likeness (QED) is 0.252. The van der Waals surface area contributed by atoms with E-state index in [4.69, 9.17) is 4.74 Å². The summed E-state index contributed by atoms with van der Waals surface area (Å²) in [5.74, 6) is -1.54. The van der Waals surface area contributed by atoms with E-state index in [1.807, 2.05) is 0 Å². The number of esters is 1. The highest BCUT2D eigenvalue weighted by atomic mass is 16.6. The summed E-state index contributed by atoms with van der Waals surface area (Å²) in [5.41, 5.74) is 1.27. The van der Waals surface area contributed by atoms with Crippen LogP contribution in [0.3, 0.4) is 0 Å². The number of anilines is 1. The lowest BCUT2D eigenvalue weighted by Crippen LogP contribution is -2.26. The first-order valence-electron chi connectivity index (χ1n) is 10.1. The Bertz CT molecular complexity index is 1340. The van der Waals surface area contributed by atoms with Crippen molar-refractivity contribution < 1.29 is 19.2 Å². The number of para-hydroxylation sites is 1. The third kappa shape index (κ3) is 4.78. The minimum Gasteiger partial charge on any atom is -0.444 e. The number of nitro groups is 1. The van der Waals surface area contributed by atoms with Crippen LogP contribution in [0.25, 0.3) is 5.69 Å². The van der Waals surface area contributed by atoms with Crippen molar-refractivity contribution >= 4 is 23.3 Å². The number of nitrogens with zero attached hydrogens (tertiary/aromatic N) is 5. The van der Waals surface area contributed by atoms with Gasteiger partial charge < -0.3 is 10.1 Å². The molecule has 1 heterocycles. The fraction of sp³-hybridized carbons (Fsp3) is 0.0870. The molecule has 1 atom stereocenters. The van der Waals surface area contributed by atoms with Crippen LogP contribution in [-0.4, -0.2) is 37.0 Å². The molecule has 0 aliphatic heterocycles. The number of aryl methyl sites for hydroxylation is 1. The van der Waals surface area contributed by atoms with Gasteiger partial charge in [-0.15, -0.1) is 5.10 Å². The number of aromatic nitrogens is 4. The number of rotatable bonds is 7. The number of nitro benzene ring substituents is 1. The Hall–Kier alpha value is -4.93. The molecule has 1 aromatic heterocycles. The number of tetrazole rings is 1. The standard InChI is InChI=1S/C23H18N6O5/c1-15-11-12-18(20(13-15)29(32)33)25-22(30)21(16-7-3-2-4-8-16)34-23(31)17-9-5-6-10-19(17)28-14-24-26-27-28/h2-14,21H,1H3,(H,25,30). The van der Waals surface area contributed by atoms with Gasteiger partial charge in [-0.2, -0.15) is 4.68 Å². The first kappa shape index (κ1) is 22.3. The molecule has 34 heavy (non-hydrogen) atoms. The molecule has 0 aliphatic rings. The van der Waals surface area contributed by atoms with Gasteiger partial charge in [-0.25, -0.2) is 4.79 Å². The maximum Gasteiger partial charge on any atom is 0.341 e. The molecule has 0 fully saturated rings. The molecule has 0 spiro atoms. The Kier molecular flexibility index (Phi) is 6.35. The van der Waals surface area contributed by atoms with Crippen LogP contribution in [0, 0.1) is 17.0 Å². The van der Waals surface area contributed by atoms with E-state index in [-0.39, 0.29) is 16.9 Å². The zero-order valence-corrected chi connectivity index (χ0v) is 17.9. The van der Waals surface area contributed by atoms with Crippen LogP contribution in [0.2, 0.25) is 0 Å². The van der Waals surface area contributed by atoms with E-state index in [9.17, 15) is 19.7 Å². The van der Waals surface area contributed by atoms with Gasteiger partial charge in [0.15, 0.2) is 0 Å². The van der Waals surface area contributed by atoms with Crippen molar-refractivity contribution in [3.8, 4) is 5.69 Å². The van der Waals surface area contributed by atoms with E-state index in [0.29, 0.717) is 16.8 Å². The van der Waals surface area contributed by atoms with E-state index in [2.05, 4.69) is 20.8 Å². The summed E-state index contributed by atoms with van der Waals surface area (Å²) >= 11 is 0. The Morgan fingerprint density at radius 3 is 2.50 bits per heavy atom. The van der Waals surface area contributed by atoms with Gasteiger partial charge in [0.05, 0.1) is 16.2 Å². The highest BCUT2D eigenvalue weighted by Gasteiger charge is 2.29. The van der Waals surface area contributed by atoms with Crippen LogP contribution in [0.4, 0.5) is 11.4 Å². The molecule has 1 unspecified atom stereocenters. The fourth-order valence-corrected chi connectivity index (χ4v) is 3.29. The van der Waals surface area contributed by atoms with Crippen molar-refractivity contribution in [2.75, 3.05) is 5.32 Å². The zero-order valence-electron chi connectivity index (χ0n) is 17.9. The number of ether oxygens (including phenoxy) is 1. The lowest BCUT2D eigenvalue weighted by Gasteiger charge is -2.19. The van der Waals surface area contributed by atoms with Crippen molar-refractivity contribution in [3.05, 3.63) is 106 Å². The van der Waals surface area contributed by atoms with Gasteiger partial charge in [-0.05, 0) is 41.1 Å². The van der Waals surface area contributed by atoms with Crippen LogP contribution >= 0.6 is 0 Å². The molecule has 0 bridgehead atoms. The summed E-state index contributed by atoms with van der Waals surface area (Å²) in [5, 5.41) is 24.9. The summed E-state index contributed by atoms with van der Waals surface area (Å²) in [7, 11) is 0. The first-order valence-corrected chi connectivity index (χ1v) is 10.1. The monoisotopic (exact) mass is 458 g/mol. The molecule has 0 radical (unpaired) electrons. The Labute approximate surface area is 193 Å². The molecule has 1 N–H and O–H groups in total. The number of hydrogen-bond donors (Lipinski definition) is 1. The second-order valence-corrected chi connectivity index (χ2v) is 7.23. The Balaban J connectivity index is 1.66. The summed E-state index contributed by atoms with van der Waals surface area (Å²) in [6.45, 7) is 1.70. The van der Waals surface area contributed by atoms with Crippen LogP contribution in [-0.2, 0) is 9.53 Å². The van der Waals surface area contributed by atoms with Crippen molar-refractivity contribution in [1.82, 2.24) is 20.2 Å². The molecular formula is C23H18N6O5. The van der Waals surface area contributed by atoms with Crippen molar-refractivity contribution in [1.29, 1.82) is 0 Å². The minimum absolute atomic E-state index is 0.00771. The number of amides is 1. The minimum atomic E-state index is -1.38. The van der Waals surface area contributed by atoms with Gasteiger partial charge in [0.25, 0.3) is 11.6 Å². The van der Waals surface area contributed by atoms with Crippen molar-refractivity contribution in [2.24, 2.45) is 0 Å². The Morgan fingerprint density at radius 2 is 1.79 bits per heavy atom. The maximum absolute atomic E-state index is 13.2. The number of hydrogen-bond acceptors (Lipinski definition) is 8. The third-order valence-corrected chi connectivity index (χ3v) is 4.89. The van der Waals surface area contributed by atoms with Crippen LogP contribution in [0.1, 0.15) is 27.6 Å². The zero-order chi connectivity index (χ0) is 24.1. The molecule has 0 saturated carbocycles. The van der Waals surface area contributed by atoms with E-state index < -0.39 is 22.9 Å². The van der Waals surface area contributed by atoms with E-state index in [1.54, 1.807) is 61.5 Å². The molecule has 1 amide bonds. The molecule has 0 saturated heterocycles. The lowest BCUT2D eigenvalue weighted by atomic mass is 10.1. The number of carbonyl (C=O) groups excluding carboxylic acids is 2. The van der Waals surface area contributed by atoms with Crippen LogP contribution in [0.15, 0.2) is 79.1 Å². The number of nitrogens with one attached hydrogen (secondary N) is 1. The molecule has 0 aliphatic carbocycles. The topological polar surface area (TPSA) is 142 Å². The van der Waals surface area contributed by atoms with Crippen LogP contribution in [0.5, 0.6) is 0 Å². The first-order chi connectivity index (χ1) is 16.4. The van der Waals surface area contributed by atoms with Crippen molar-refractivity contribution in [3.63, 3.8) is 0 Å². The summed E-state index contributed by atoms with van der Waals surface area (Å²) in [6, 6.07) is 19.3. The molecule has 11 nitrogen and oxygen atoms in total. The summed E-state index contributed by atoms with van der Waals surface area (Å²) < 4.78 is 6.91. The molecule has 4 aromatic rings. The lowest BCUT2D eigenvalue weighted by molar-refractivity contribution is -0.384. The number of carbonyl (C=O) groups is 2. The predicted octanol–water partition coefficient (Wildman–Crippen LogP) is 3.42. The second-order valence-electron chi connectivity index (χ2n) is 7.23. The second kappa shape index (κ2) is 9.69. The average Bonchev–Trinajstić information content (AvgIpc) is 3.39. The van der Waals surface area contributed by atoms with Gasteiger partial charge >= 0.3 is 5.97 Å². The van der Waals surface area contributed by atoms with E-state index >= 15 is 0 Å². The summed E-state index contributed by atoms with van der Waals surface area (Å²) in [6.07, 6.45) is -0.0548. The largest absolute Gasteiger partial charge is 0.444 e. The predicted molar refractivity (Wildman–Crippen MR) is 120 cm³/mol. The SMILES string of the molecule is Cc1ccc(NC(=O)C(OC(=O)c2ccccc2-n2cnnn2)c2ccccc2)c([N+](=O)[O-])c1. The van der Waals surface area contributed by atoms with Gasteiger partial charge in [0.2, 0.25) is 6.10 Å². The third-order valence-electron chi connectivity index (χ3n) is 4.89. The van der Waals surface area contributed by atoms with Crippen LogP contribution < -0.4 is 5.32 Å². The average molecular weight is 458 g/mol. The highest BCUT2D eigenvalue weighted by Crippen LogP contribution is 2.28. The molecule has 4 rings (SSSR count). The number of benzene rings is 3. The van der Waals surface area contributed by atoms with Gasteiger partial charge in [-0.3, -0.25) is 14.9 Å². The fourth-order valence-electron chi connectivity index (χ4n) is 3.29. The van der Waals surface area contributed by atoms with Crippen molar-refractivity contribution in [2.45, 2.75) is 13.0 Å². The molecule has 3 aromatic carbocycles. The Morgan fingerprint density at radius 1 is 1.06 bits per heavy atom. The van der Waals surface area contributed by atoms with E-state index in [0.717, 1.165) is 0 Å². The molecular weight excluding hydrogens is 440 g/mol. The normalized spacial score (nSPS) is 11.4. The van der Waals surface area contributed by atoms with Gasteiger partial charge in [0.1, 0.15) is 12.0 Å². The summed E-state index contributed by atoms with van der Waals surface area (Å²) in [4.78, 5) is 37.2. The smallest absolute Gasteiger partial charge is 0.341 e. The van der Waals surface area contributed by atoms with E-state index in [1.165, 1.54) is 29.2 Å². The molecule has 11 heteroatoms. The van der Waals surface area contributed by atoms with Gasteiger partial charge in [-0.1, -0.05) is 48.5 Å².